The van der Waals surface area contributed by atoms with Crippen LogP contribution in [0.5, 0.6) is 5.75 Å². The lowest BCUT2D eigenvalue weighted by Crippen LogP contribution is -2.38. The molecule has 8 nitrogen and oxygen atoms in total. The van der Waals surface area contributed by atoms with Crippen LogP contribution in [-0.2, 0) is 19.1 Å². The van der Waals surface area contributed by atoms with Gasteiger partial charge in [0.25, 0.3) is 0 Å². The van der Waals surface area contributed by atoms with Crippen molar-refractivity contribution >= 4 is 23.0 Å². The van der Waals surface area contributed by atoms with Crippen molar-refractivity contribution in [3.05, 3.63) is 48.0 Å². The number of hydrogen-bond acceptors (Lipinski definition) is 5. The average molecular weight is 454 g/mol. The first kappa shape index (κ1) is 22.8. The lowest BCUT2D eigenvalue weighted by Gasteiger charge is -2.34. The number of benzene rings is 2. The zero-order valence-electron chi connectivity index (χ0n) is 20.0. The largest absolute Gasteiger partial charge is 0.506 e. The number of carbonyl (C=O) groups excluding carboxylic acids is 2. The molecule has 2 aromatic carbocycles. The molecular weight excluding hydrogens is 422 g/mol. The van der Waals surface area contributed by atoms with Gasteiger partial charge in [-0.2, -0.15) is 0 Å². The molecular formula is C25H31N3O5. The molecule has 2 unspecified atom stereocenters. The second-order valence-corrected chi connectivity index (χ2v) is 9.62. The highest BCUT2D eigenvalue weighted by Crippen LogP contribution is 2.40. The van der Waals surface area contributed by atoms with Crippen LogP contribution in [0.1, 0.15) is 59.1 Å². The molecule has 2 heterocycles. The molecule has 0 radical (unpaired) electrons. The highest BCUT2D eigenvalue weighted by Gasteiger charge is 2.43. The van der Waals surface area contributed by atoms with E-state index >= 15 is 0 Å². The standard InChI is InChI=1S/C25H31N3O5/c1-7-25(5,23(31)32-6)15-24(3,4)22(30)33-16(2)17-12-13-21(29)20(14-17)28-26-18-10-8-9-11-19(18)27(26)28/h8-14,16,29H,7,15H2,1-6H3. The molecule has 33 heavy (non-hydrogen) atoms. The minimum Gasteiger partial charge on any atom is -0.506 e. The van der Waals surface area contributed by atoms with Crippen LogP contribution in [0.2, 0.25) is 0 Å². The van der Waals surface area contributed by atoms with E-state index in [1.807, 2.05) is 58.2 Å². The molecule has 0 aliphatic rings. The molecule has 0 fully saturated rings. The Kier molecular flexibility index (Phi) is 5.42. The number of nitrogens with zero attached hydrogens (tertiary/aromatic N) is 3. The minimum atomic E-state index is -0.884. The van der Waals surface area contributed by atoms with E-state index in [1.165, 1.54) is 7.11 Å². The fourth-order valence-corrected chi connectivity index (χ4v) is 4.47. The maximum absolute atomic E-state index is 13.1. The number of esters is 2. The predicted octanol–water partition coefficient (Wildman–Crippen LogP) is 4.74. The molecule has 4 rings (SSSR count). The van der Waals surface area contributed by atoms with Gasteiger partial charge in [-0.1, -0.05) is 25.1 Å². The molecule has 0 bridgehead atoms. The molecule has 2 aromatic heterocycles. The molecule has 0 spiro atoms. The van der Waals surface area contributed by atoms with Gasteiger partial charge < -0.3 is 14.6 Å². The average Bonchev–Trinajstić information content (AvgIpc) is 3.45. The molecule has 1 N–H and O–H groups in total. The third kappa shape index (κ3) is 3.73. The van der Waals surface area contributed by atoms with Crippen molar-refractivity contribution in [1.29, 1.82) is 0 Å². The van der Waals surface area contributed by atoms with Crippen LogP contribution in [0.4, 0.5) is 0 Å². The van der Waals surface area contributed by atoms with Gasteiger partial charge in [-0.25, -0.2) is 0 Å². The Morgan fingerprint density at radius 3 is 2.18 bits per heavy atom. The number of ether oxygens (including phenoxy) is 2. The summed E-state index contributed by atoms with van der Waals surface area (Å²) in [5, 5.41) is 10.5. The molecule has 176 valence electrons. The predicted molar refractivity (Wildman–Crippen MR) is 124 cm³/mol. The first-order valence-corrected chi connectivity index (χ1v) is 11.2. The van der Waals surface area contributed by atoms with Gasteiger partial charge in [-0.3, -0.25) is 9.59 Å². The normalized spacial score (nSPS) is 15.1. The number of aromatic hydroxyl groups is 1. The Morgan fingerprint density at radius 1 is 1.03 bits per heavy atom. The molecule has 0 amide bonds. The smallest absolute Gasteiger partial charge is 0.312 e. The van der Waals surface area contributed by atoms with E-state index in [0.29, 0.717) is 18.5 Å². The summed E-state index contributed by atoms with van der Waals surface area (Å²) in [6.45, 7) is 9.09. The van der Waals surface area contributed by atoms with Crippen molar-refractivity contribution in [1.82, 2.24) is 14.1 Å². The highest BCUT2D eigenvalue weighted by atomic mass is 16.5. The van der Waals surface area contributed by atoms with E-state index in [0.717, 1.165) is 16.6 Å². The fourth-order valence-electron chi connectivity index (χ4n) is 4.47. The van der Waals surface area contributed by atoms with Crippen molar-refractivity contribution in [3.63, 3.8) is 0 Å². The number of phenolic OH excluding ortho intramolecular Hbond substituents is 1. The second kappa shape index (κ2) is 7.86. The summed E-state index contributed by atoms with van der Waals surface area (Å²) in [6.07, 6.45) is 0.330. The van der Waals surface area contributed by atoms with Gasteiger partial charge in [-0.05, 0) is 70.4 Å². The van der Waals surface area contributed by atoms with Crippen molar-refractivity contribution < 1.29 is 24.2 Å². The molecule has 0 aliphatic carbocycles. The van der Waals surface area contributed by atoms with Gasteiger partial charge in [0.1, 0.15) is 28.6 Å². The summed E-state index contributed by atoms with van der Waals surface area (Å²) in [6, 6.07) is 13.1. The first-order valence-electron chi connectivity index (χ1n) is 11.2. The summed E-state index contributed by atoms with van der Waals surface area (Å²) in [7, 11) is 1.36. The van der Waals surface area contributed by atoms with Gasteiger partial charge in [0.15, 0.2) is 0 Å². The minimum absolute atomic E-state index is 0.134. The van der Waals surface area contributed by atoms with E-state index in [9.17, 15) is 14.7 Å². The van der Waals surface area contributed by atoms with E-state index < -0.39 is 16.9 Å². The molecule has 0 saturated heterocycles. The maximum Gasteiger partial charge on any atom is 0.312 e. The molecule has 0 aliphatic heterocycles. The number of carbonyl (C=O) groups is 2. The summed E-state index contributed by atoms with van der Waals surface area (Å²) >= 11 is 0. The molecule has 0 saturated carbocycles. The maximum atomic E-state index is 13.1. The lowest BCUT2D eigenvalue weighted by atomic mass is 9.72. The summed E-state index contributed by atoms with van der Waals surface area (Å²) < 4.78 is 14.7. The number of fused-ring (bicyclic) bond motifs is 4. The Hall–Kier alpha value is -3.42. The van der Waals surface area contributed by atoms with E-state index in [1.54, 1.807) is 32.9 Å². The van der Waals surface area contributed by atoms with Crippen LogP contribution in [0.3, 0.4) is 0 Å². The fraction of sp³-hybridized carbons (Fsp3) is 0.440. The Morgan fingerprint density at radius 2 is 1.64 bits per heavy atom. The van der Waals surface area contributed by atoms with Gasteiger partial charge in [0.05, 0.1) is 17.9 Å². The van der Waals surface area contributed by atoms with E-state index in [4.69, 9.17) is 9.47 Å². The quantitative estimate of drug-likeness (QED) is 0.390. The SMILES string of the molecule is CCC(C)(CC(C)(C)C(=O)OC(C)c1ccc(O)c(-n2n3c4ccccc4n23)c1)C(=O)OC. The Bertz CT molecular complexity index is 1270. The lowest BCUT2D eigenvalue weighted by molar-refractivity contribution is -0.165. The summed E-state index contributed by atoms with van der Waals surface area (Å²) in [5.74, 6) is -0.587. The van der Waals surface area contributed by atoms with Crippen LogP contribution in [0.15, 0.2) is 42.5 Å². The zero-order chi connectivity index (χ0) is 24.1. The van der Waals surface area contributed by atoms with Crippen LogP contribution >= 0.6 is 0 Å². The molecule has 2 atom stereocenters. The topological polar surface area (TPSA) is 86.6 Å². The number of para-hydroxylation sites is 2. The Balaban J connectivity index is 1.53. The number of methoxy groups -OCH3 is 1. The van der Waals surface area contributed by atoms with Crippen molar-refractivity contribution in [2.45, 2.75) is 53.6 Å². The monoisotopic (exact) mass is 453 g/mol. The summed E-state index contributed by atoms with van der Waals surface area (Å²) in [5.41, 5.74) is 1.83. The van der Waals surface area contributed by atoms with E-state index in [-0.39, 0.29) is 17.7 Å². The van der Waals surface area contributed by atoms with Crippen LogP contribution in [0, 0.1) is 10.8 Å². The van der Waals surface area contributed by atoms with Crippen molar-refractivity contribution in [2.24, 2.45) is 10.8 Å². The number of aromatic nitrogens is 3. The number of hydrogen-bond donors (Lipinski definition) is 1. The number of rotatable bonds is 8. The van der Waals surface area contributed by atoms with Crippen molar-refractivity contribution in [3.8, 4) is 11.4 Å². The molecule has 4 aromatic rings. The van der Waals surface area contributed by atoms with E-state index in [2.05, 4.69) is 0 Å². The third-order valence-electron chi connectivity index (χ3n) is 6.63. The molecule has 8 heteroatoms. The zero-order valence-corrected chi connectivity index (χ0v) is 20.0. The Labute approximate surface area is 192 Å². The van der Waals surface area contributed by atoms with Gasteiger partial charge in [-0.15, -0.1) is 14.1 Å². The van der Waals surface area contributed by atoms with Gasteiger partial charge in [0, 0.05) is 0 Å². The summed E-state index contributed by atoms with van der Waals surface area (Å²) in [4.78, 5) is 27.2. The van der Waals surface area contributed by atoms with Crippen LogP contribution < -0.4 is 0 Å². The second-order valence-electron chi connectivity index (χ2n) is 9.62. The van der Waals surface area contributed by atoms with Crippen LogP contribution in [0.25, 0.3) is 16.7 Å². The first-order chi connectivity index (χ1) is 15.5. The highest BCUT2D eigenvalue weighted by molar-refractivity contribution is 5.81. The van der Waals surface area contributed by atoms with Crippen LogP contribution in [-0.4, -0.2) is 38.2 Å². The van der Waals surface area contributed by atoms with Crippen molar-refractivity contribution in [2.75, 3.05) is 7.11 Å². The third-order valence-corrected chi connectivity index (χ3v) is 6.63. The van der Waals surface area contributed by atoms with Gasteiger partial charge >= 0.3 is 11.9 Å². The van der Waals surface area contributed by atoms with Gasteiger partial charge in [0.2, 0.25) is 0 Å². The number of phenols is 1.